The molecule has 176 valence electrons. The van der Waals surface area contributed by atoms with Crippen molar-refractivity contribution in [3.8, 4) is 11.4 Å². The molecule has 0 aliphatic carbocycles. The van der Waals surface area contributed by atoms with Crippen LogP contribution >= 0.6 is 11.6 Å². The molecule has 0 radical (unpaired) electrons. The number of aromatic nitrogens is 3. The normalized spacial score (nSPS) is 15.5. The number of benzene rings is 2. The average molecular weight is 489 g/mol. The highest BCUT2D eigenvalue weighted by Crippen LogP contribution is 2.35. The van der Waals surface area contributed by atoms with E-state index in [4.69, 9.17) is 16.3 Å². The molecule has 1 N–H and O–H groups in total. The lowest BCUT2D eigenvalue weighted by Gasteiger charge is -2.26. The largest absolute Gasteiger partial charge is 0.381 e. The number of halogens is 1. The van der Waals surface area contributed by atoms with E-state index in [1.54, 1.807) is 30.3 Å². The maximum absolute atomic E-state index is 13.2. The van der Waals surface area contributed by atoms with Crippen LogP contribution in [-0.2, 0) is 20.2 Å². The van der Waals surface area contributed by atoms with Crippen molar-refractivity contribution in [2.45, 2.75) is 56.9 Å². The third kappa shape index (κ3) is 5.08. The molecule has 7 nitrogen and oxygen atoms in total. The van der Waals surface area contributed by atoms with E-state index in [-0.39, 0.29) is 16.4 Å². The van der Waals surface area contributed by atoms with Crippen LogP contribution in [0.4, 0.5) is 5.69 Å². The molecule has 4 rings (SSSR count). The van der Waals surface area contributed by atoms with Gasteiger partial charge in [-0.25, -0.2) is 8.42 Å². The van der Waals surface area contributed by atoms with Crippen molar-refractivity contribution in [3.05, 3.63) is 58.9 Å². The summed E-state index contributed by atoms with van der Waals surface area (Å²) in [5, 5.41) is 9.15. The summed E-state index contributed by atoms with van der Waals surface area (Å²) < 4.78 is 36.7. The Labute approximate surface area is 200 Å². The van der Waals surface area contributed by atoms with Gasteiger partial charge in [0.05, 0.1) is 10.6 Å². The minimum atomic E-state index is -3.82. The highest BCUT2D eigenvalue weighted by molar-refractivity contribution is 7.92. The van der Waals surface area contributed by atoms with Crippen LogP contribution in [0.2, 0.25) is 5.02 Å². The van der Waals surface area contributed by atoms with Crippen molar-refractivity contribution in [1.82, 2.24) is 14.8 Å². The summed E-state index contributed by atoms with van der Waals surface area (Å²) in [6, 6.07) is 12.2. The van der Waals surface area contributed by atoms with Gasteiger partial charge in [0.25, 0.3) is 10.0 Å². The van der Waals surface area contributed by atoms with Crippen molar-refractivity contribution < 1.29 is 13.2 Å². The van der Waals surface area contributed by atoms with Crippen LogP contribution < -0.4 is 4.72 Å². The van der Waals surface area contributed by atoms with Crippen LogP contribution in [0.15, 0.2) is 47.4 Å². The van der Waals surface area contributed by atoms with Crippen LogP contribution in [0.5, 0.6) is 0 Å². The molecule has 1 aliphatic heterocycles. The smallest absolute Gasteiger partial charge is 0.261 e. The summed E-state index contributed by atoms with van der Waals surface area (Å²) in [6.45, 7) is 9.50. The number of ether oxygens (including phenoxy) is 1. The molecular weight excluding hydrogens is 460 g/mol. The summed E-state index contributed by atoms with van der Waals surface area (Å²) in [5.41, 5.74) is 1.99. The van der Waals surface area contributed by atoms with E-state index in [1.165, 1.54) is 0 Å². The number of anilines is 1. The van der Waals surface area contributed by atoms with Crippen LogP contribution in [0.1, 0.15) is 51.0 Å². The zero-order chi connectivity index (χ0) is 23.8. The molecular formula is C24H29ClN4O3S. The molecule has 2 aromatic carbocycles. The Kier molecular flexibility index (Phi) is 6.53. The van der Waals surface area contributed by atoms with Gasteiger partial charge in [0.1, 0.15) is 5.82 Å². The van der Waals surface area contributed by atoms with Gasteiger partial charge in [-0.05, 0) is 61.1 Å². The van der Waals surface area contributed by atoms with Gasteiger partial charge in [0.15, 0.2) is 5.82 Å². The Morgan fingerprint density at radius 2 is 1.73 bits per heavy atom. The minimum absolute atomic E-state index is 0.0643. The number of nitrogens with zero attached hydrogens (tertiary/aromatic N) is 3. The first-order valence-electron chi connectivity index (χ1n) is 11.0. The second kappa shape index (κ2) is 9.08. The lowest BCUT2D eigenvalue weighted by molar-refractivity contribution is 0.0694. The van der Waals surface area contributed by atoms with Crippen molar-refractivity contribution in [2.75, 3.05) is 17.9 Å². The van der Waals surface area contributed by atoms with Crippen LogP contribution in [0, 0.1) is 6.92 Å². The maximum atomic E-state index is 13.2. The van der Waals surface area contributed by atoms with Gasteiger partial charge in [0.2, 0.25) is 0 Å². The van der Waals surface area contributed by atoms with Gasteiger partial charge < -0.3 is 9.30 Å². The second-order valence-electron chi connectivity index (χ2n) is 9.35. The van der Waals surface area contributed by atoms with Gasteiger partial charge in [-0.3, -0.25) is 4.72 Å². The van der Waals surface area contributed by atoms with Gasteiger partial charge in [0, 0.05) is 29.8 Å². The van der Waals surface area contributed by atoms with Gasteiger partial charge in [-0.1, -0.05) is 44.5 Å². The fourth-order valence-electron chi connectivity index (χ4n) is 4.06. The highest BCUT2D eigenvalue weighted by atomic mass is 35.5. The molecule has 1 aromatic heterocycles. The lowest BCUT2D eigenvalue weighted by atomic mass is 9.87. The van der Waals surface area contributed by atoms with E-state index in [1.807, 2.05) is 19.1 Å². The molecule has 1 aliphatic rings. The summed E-state index contributed by atoms with van der Waals surface area (Å²) in [7, 11) is -3.82. The molecule has 0 amide bonds. The van der Waals surface area contributed by atoms with Crippen LogP contribution in [0.3, 0.4) is 0 Å². The minimum Gasteiger partial charge on any atom is -0.381 e. The van der Waals surface area contributed by atoms with E-state index in [2.05, 4.69) is 40.3 Å². The average Bonchev–Trinajstić information content (AvgIpc) is 3.16. The predicted molar refractivity (Wildman–Crippen MR) is 130 cm³/mol. The number of aryl methyl sites for hydroxylation is 1. The molecule has 0 saturated carbocycles. The van der Waals surface area contributed by atoms with Gasteiger partial charge in [-0.15, -0.1) is 10.2 Å². The monoisotopic (exact) mass is 488 g/mol. The van der Waals surface area contributed by atoms with E-state index in [9.17, 15) is 8.42 Å². The molecule has 9 heteroatoms. The number of hydrogen-bond acceptors (Lipinski definition) is 5. The Morgan fingerprint density at radius 3 is 2.36 bits per heavy atom. The number of sulfonamides is 1. The second-order valence-corrected chi connectivity index (χ2v) is 11.5. The van der Waals surface area contributed by atoms with Crippen molar-refractivity contribution >= 4 is 27.3 Å². The maximum Gasteiger partial charge on any atom is 0.261 e. The molecule has 0 unspecified atom stereocenters. The van der Waals surface area contributed by atoms with Crippen molar-refractivity contribution in [1.29, 1.82) is 0 Å². The first-order valence-corrected chi connectivity index (χ1v) is 12.8. The van der Waals surface area contributed by atoms with Gasteiger partial charge in [-0.2, -0.15) is 0 Å². The van der Waals surface area contributed by atoms with Gasteiger partial charge >= 0.3 is 0 Å². The zero-order valence-corrected chi connectivity index (χ0v) is 20.9. The fourth-order valence-corrected chi connectivity index (χ4v) is 5.31. The number of nitrogens with one attached hydrogen (secondary N) is 1. The molecule has 1 fully saturated rings. The Morgan fingerprint density at radius 1 is 1.06 bits per heavy atom. The molecule has 3 aromatic rings. The molecule has 0 bridgehead atoms. The van der Waals surface area contributed by atoms with E-state index in [0.717, 1.165) is 24.2 Å². The van der Waals surface area contributed by atoms with E-state index in [0.29, 0.717) is 35.3 Å². The third-order valence-electron chi connectivity index (χ3n) is 5.92. The van der Waals surface area contributed by atoms with Crippen molar-refractivity contribution in [3.63, 3.8) is 0 Å². The van der Waals surface area contributed by atoms with Crippen LogP contribution in [-0.4, -0.2) is 36.4 Å². The molecule has 2 heterocycles. The number of hydrogen-bond donors (Lipinski definition) is 1. The third-order valence-corrected chi connectivity index (χ3v) is 7.54. The quantitative estimate of drug-likeness (QED) is 0.522. The Balaban J connectivity index is 1.72. The Hall–Kier alpha value is -2.42. The SMILES string of the molecule is Cc1nnc(-c2cc(Cl)ccc2NS(=O)(=O)c2ccc(C(C)(C)C)cc2)n1C1CCOCC1. The first-order chi connectivity index (χ1) is 15.6. The Bertz CT molecular complexity index is 1240. The topological polar surface area (TPSA) is 86.1 Å². The summed E-state index contributed by atoms with van der Waals surface area (Å²) >= 11 is 6.31. The fraction of sp³-hybridized carbons (Fsp3) is 0.417. The van der Waals surface area contributed by atoms with E-state index >= 15 is 0 Å². The van der Waals surface area contributed by atoms with Crippen LogP contribution in [0.25, 0.3) is 11.4 Å². The summed E-state index contributed by atoms with van der Waals surface area (Å²) in [6.07, 6.45) is 1.68. The zero-order valence-electron chi connectivity index (χ0n) is 19.3. The highest BCUT2D eigenvalue weighted by Gasteiger charge is 2.25. The molecule has 1 saturated heterocycles. The molecule has 0 spiro atoms. The van der Waals surface area contributed by atoms with E-state index < -0.39 is 10.0 Å². The summed E-state index contributed by atoms with van der Waals surface area (Å²) in [4.78, 5) is 0.193. The summed E-state index contributed by atoms with van der Waals surface area (Å²) in [5.74, 6) is 1.35. The standard InChI is InChI=1S/C24H29ClN4O3S/c1-16-26-27-23(29(16)19-11-13-32-14-12-19)21-15-18(25)7-10-22(21)28-33(30,31)20-8-5-17(6-9-20)24(2,3)4/h5-10,15,19,28H,11-14H2,1-4H3. The van der Waals surface area contributed by atoms with Crippen molar-refractivity contribution in [2.24, 2.45) is 0 Å². The predicted octanol–water partition coefficient (Wildman–Crippen LogP) is 5.36. The number of rotatable bonds is 5. The molecule has 0 atom stereocenters. The molecule has 33 heavy (non-hydrogen) atoms. The first kappa shape index (κ1) is 23.7. The lowest BCUT2D eigenvalue weighted by Crippen LogP contribution is -2.21.